The van der Waals surface area contributed by atoms with Crippen molar-refractivity contribution in [1.82, 2.24) is 4.98 Å². The first-order valence-corrected chi connectivity index (χ1v) is 11.0. The molecule has 0 spiro atoms. The number of thiol groups is 1. The van der Waals surface area contributed by atoms with Gasteiger partial charge in [0.2, 0.25) is 11.8 Å². The molecule has 184 valence electrons. The highest BCUT2D eigenvalue weighted by Crippen LogP contribution is 2.31. The first kappa shape index (κ1) is 26.0. The number of nitrogens with one attached hydrogen (secondary N) is 1. The van der Waals surface area contributed by atoms with Crippen LogP contribution >= 0.6 is 12.6 Å². The van der Waals surface area contributed by atoms with E-state index >= 15 is 0 Å². The van der Waals surface area contributed by atoms with Crippen molar-refractivity contribution >= 4 is 29.9 Å². The quantitative estimate of drug-likeness (QED) is 0.157. The summed E-state index contributed by atoms with van der Waals surface area (Å²) in [6.45, 7) is 1.65. The van der Waals surface area contributed by atoms with Crippen LogP contribution in [0.3, 0.4) is 0 Å². The van der Waals surface area contributed by atoms with Crippen LogP contribution in [0.25, 0.3) is 5.70 Å². The number of aromatic nitrogens is 1. The highest BCUT2D eigenvalue weighted by atomic mass is 32.1. The van der Waals surface area contributed by atoms with Crippen molar-refractivity contribution in [1.29, 1.82) is 5.26 Å². The minimum atomic E-state index is -0.555. The second-order valence-electron chi connectivity index (χ2n) is 7.45. The monoisotopic (exact) mass is 503 g/mol. The molecule has 3 rings (SSSR count). The second kappa shape index (κ2) is 11.7. The third kappa shape index (κ3) is 6.08. The van der Waals surface area contributed by atoms with Crippen LogP contribution in [-0.4, -0.2) is 25.1 Å². The fourth-order valence-electron chi connectivity index (χ4n) is 3.25. The van der Waals surface area contributed by atoms with Gasteiger partial charge in [-0.2, -0.15) is 5.26 Å². The van der Waals surface area contributed by atoms with Crippen molar-refractivity contribution in [2.24, 2.45) is 11.5 Å². The van der Waals surface area contributed by atoms with E-state index in [1.165, 1.54) is 32.5 Å². The zero-order chi connectivity index (χ0) is 26.2. The molecule has 0 atom stereocenters. The second-order valence-corrected chi connectivity index (χ2v) is 7.97. The molecule has 2 aromatic carbocycles. The number of carbonyl (C=O) groups excluding carboxylic acids is 1. The third-order valence-electron chi connectivity index (χ3n) is 5.13. The van der Waals surface area contributed by atoms with Crippen LogP contribution in [0.2, 0.25) is 0 Å². The van der Waals surface area contributed by atoms with Crippen LogP contribution in [0.15, 0.2) is 82.7 Å². The van der Waals surface area contributed by atoms with Gasteiger partial charge in [0.15, 0.2) is 11.5 Å². The molecule has 0 fully saturated rings. The molecule has 0 aliphatic heterocycles. The lowest BCUT2D eigenvalue weighted by atomic mass is 10.0. The average molecular weight is 504 g/mol. The largest absolute Gasteiger partial charge is 0.493 e. The van der Waals surface area contributed by atoms with Crippen molar-refractivity contribution in [3.63, 3.8) is 0 Å². The highest BCUT2D eigenvalue weighted by Gasteiger charge is 2.22. The van der Waals surface area contributed by atoms with Gasteiger partial charge in [0.25, 0.3) is 5.91 Å². The lowest BCUT2D eigenvalue weighted by Crippen LogP contribution is -2.23. The number of nitrogens with zero attached hydrogens (tertiary/aromatic N) is 2. The van der Waals surface area contributed by atoms with Crippen LogP contribution in [0.1, 0.15) is 18.1 Å². The molecule has 5 N–H and O–H groups in total. The number of hydrogen-bond donors (Lipinski definition) is 4. The Morgan fingerprint density at radius 2 is 1.83 bits per heavy atom. The molecule has 10 heteroatoms. The first-order valence-electron chi connectivity index (χ1n) is 10.6. The van der Waals surface area contributed by atoms with Crippen LogP contribution in [0, 0.1) is 11.3 Å². The molecule has 0 unspecified atom stereocenters. The predicted octanol–water partition coefficient (Wildman–Crippen LogP) is 3.84. The summed E-state index contributed by atoms with van der Waals surface area (Å²) in [4.78, 5) is 18.3. The normalized spacial score (nSPS) is 12.0. The molecule has 9 nitrogen and oxygen atoms in total. The van der Waals surface area contributed by atoms with Gasteiger partial charge in [-0.25, -0.2) is 4.98 Å². The van der Waals surface area contributed by atoms with Gasteiger partial charge in [-0.3, -0.25) is 4.79 Å². The van der Waals surface area contributed by atoms with E-state index in [1.54, 1.807) is 49.4 Å². The molecule has 0 aliphatic rings. The lowest BCUT2D eigenvalue weighted by molar-refractivity contribution is -0.112. The summed E-state index contributed by atoms with van der Waals surface area (Å²) in [7, 11) is 2.94. The number of carbonyl (C=O) groups is 1. The molecule has 3 aromatic rings. The fraction of sp³-hybridized carbons (Fsp3) is 0.115. The Balaban J connectivity index is 2.09. The Kier molecular flexibility index (Phi) is 8.43. The standard InChI is InChI=1S/C26H25N5O4S/c1-15(24(28)17-8-10-22(34-3)30-14-17)23(26(32)31-18-5-4-6-19(36)12-18)25(29)35-20-9-7-16(13-27)11-21(20)33-2/h4-12,14,36H,28-29H2,1-3H3,(H,31,32)/b24-15-,25-23-. The Labute approximate surface area is 214 Å². The van der Waals surface area contributed by atoms with Gasteiger partial charge >= 0.3 is 0 Å². The minimum absolute atomic E-state index is 0.000650. The molecule has 1 aromatic heterocycles. The predicted molar refractivity (Wildman–Crippen MR) is 139 cm³/mol. The van der Waals surface area contributed by atoms with E-state index in [-0.39, 0.29) is 28.7 Å². The highest BCUT2D eigenvalue weighted by molar-refractivity contribution is 7.80. The summed E-state index contributed by atoms with van der Waals surface area (Å²) in [5.74, 6) is 0.128. The van der Waals surface area contributed by atoms with E-state index in [9.17, 15) is 4.79 Å². The number of nitrogens with two attached hydrogens (primary N) is 2. The topological polar surface area (TPSA) is 146 Å². The number of benzene rings is 2. The van der Waals surface area contributed by atoms with Crippen LogP contribution in [-0.2, 0) is 4.79 Å². The van der Waals surface area contributed by atoms with Crippen molar-refractivity contribution in [2.75, 3.05) is 19.5 Å². The average Bonchev–Trinajstić information content (AvgIpc) is 2.88. The van der Waals surface area contributed by atoms with Crippen molar-refractivity contribution < 1.29 is 19.0 Å². The molecule has 0 radical (unpaired) electrons. The van der Waals surface area contributed by atoms with E-state index in [0.717, 1.165) is 0 Å². The van der Waals surface area contributed by atoms with Gasteiger partial charge in [-0.1, -0.05) is 6.07 Å². The Morgan fingerprint density at radius 3 is 2.44 bits per heavy atom. The van der Waals surface area contributed by atoms with Crippen LogP contribution < -0.4 is 31.0 Å². The van der Waals surface area contributed by atoms with E-state index in [2.05, 4.69) is 22.9 Å². The van der Waals surface area contributed by atoms with E-state index < -0.39 is 5.91 Å². The van der Waals surface area contributed by atoms with Gasteiger partial charge in [-0.15, -0.1) is 12.6 Å². The minimum Gasteiger partial charge on any atom is -0.493 e. The SMILES string of the molecule is COc1ccc(/C(N)=C(C)/C(C(=O)Nc2cccc(S)c2)=C(\N)Oc2ccc(C#N)cc2OC)cn1. The van der Waals surface area contributed by atoms with Gasteiger partial charge in [-0.05, 0) is 48.9 Å². The molecule has 1 amide bonds. The van der Waals surface area contributed by atoms with E-state index in [1.807, 2.05) is 6.07 Å². The van der Waals surface area contributed by atoms with Gasteiger partial charge in [0, 0.05) is 40.2 Å². The maximum atomic E-state index is 13.4. The molecule has 0 saturated carbocycles. The maximum Gasteiger partial charge on any atom is 0.261 e. The molecule has 0 aliphatic carbocycles. The van der Waals surface area contributed by atoms with Gasteiger partial charge < -0.3 is 31.0 Å². The number of pyridine rings is 1. The van der Waals surface area contributed by atoms with Crippen molar-refractivity contribution in [2.45, 2.75) is 11.8 Å². The smallest absolute Gasteiger partial charge is 0.261 e. The Hall–Kier alpha value is -4.62. The molecule has 36 heavy (non-hydrogen) atoms. The van der Waals surface area contributed by atoms with E-state index in [0.29, 0.717) is 33.2 Å². The van der Waals surface area contributed by atoms with Crippen LogP contribution in [0.5, 0.6) is 17.4 Å². The molecular weight excluding hydrogens is 478 g/mol. The molecule has 1 heterocycles. The summed E-state index contributed by atoms with van der Waals surface area (Å²) in [5, 5.41) is 12.0. The summed E-state index contributed by atoms with van der Waals surface area (Å²) in [6.07, 6.45) is 1.53. The number of rotatable bonds is 8. The Bertz CT molecular complexity index is 1380. The molecular formula is C26H25N5O4S. The molecule has 0 saturated heterocycles. The number of methoxy groups -OCH3 is 2. The fourth-order valence-corrected chi connectivity index (χ4v) is 3.47. The molecule has 0 bridgehead atoms. The summed E-state index contributed by atoms with van der Waals surface area (Å²) >= 11 is 4.31. The zero-order valence-electron chi connectivity index (χ0n) is 19.9. The zero-order valence-corrected chi connectivity index (χ0v) is 20.8. The number of hydrogen-bond acceptors (Lipinski definition) is 9. The number of anilines is 1. The number of amides is 1. The van der Waals surface area contributed by atoms with Crippen molar-refractivity contribution in [3.8, 4) is 23.4 Å². The lowest BCUT2D eigenvalue weighted by Gasteiger charge is -2.17. The van der Waals surface area contributed by atoms with Gasteiger partial charge in [0.1, 0.15) is 5.57 Å². The van der Waals surface area contributed by atoms with Crippen molar-refractivity contribution in [3.05, 3.63) is 89.0 Å². The Morgan fingerprint density at radius 1 is 1.06 bits per heavy atom. The maximum absolute atomic E-state index is 13.4. The van der Waals surface area contributed by atoms with Crippen LogP contribution in [0.4, 0.5) is 5.69 Å². The summed E-state index contributed by atoms with van der Waals surface area (Å²) in [6, 6.07) is 16.9. The van der Waals surface area contributed by atoms with E-state index in [4.69, 9.17) is 30.9 Å². The first-order chi connectivity index (χ1) is 17.3. The number of nitriles is 1. The summed E-state index contributed by atoms with van der Waals surface area (Å²) < 4.78 is 16.3. The number of ether oxygens (including phenoxy) is 3. The third-order valence-corrected chi connectivity index (χ3v) is 5.40. The van der Waals surface area contributed by atoms with Gasteiger partial charge in [0.05, 0.1) is 25.9 Å². The summed E-state index contributed by atoms with van der Waals surface area (Å²) in [5.41, 5.74) is 14.8.